The first kappa shape index (κ1) is 25.6. The molecule has 2 N–H and O–H groups in total. The molecule has 4 aromatic rings. The van der Waals surface area contributed by atoms with Crippen molar-refractivity contribution < 1.29 is 15.2 Å². The van der Waals surface area contributed by atoms with Crippen LogP contribution in [-0.2, 0) is 5.41 Å². The van der Waals surface area contributed by atoms with Crippen LogP contribution < -0.4 is 20.1 Å². The van der Waals surface area contributed by atoms with Gasteiger partial charge in [-0.2, -0.15) is 14.8 Å². The number of hydrogen-bond donors (Lipinski definition) is 2. The van der Waals surface area contributed by atoms with E-state index in [-0.39, 0.29) is 11.1 Å². The lowest BCUT2D eigenvalue weighted by Crippen LogP contribution is -2.99. The third-order valence-corrected chi connectivity index (χ3v) is 6.42. The Hall–Kier alpha value is -3.53. The molecule has 2 heterocycles. The van der Waals surface area contributed by atoms with Gasteiger partial charge in [0.15, 0.2) is 17.2 Å². The Kier molecular flexibility index (Phi) is 6.99. The highest BCUT2D eigenvalue weighted by molar-refractivity contribution is 5.71. The Bertz CT molecular complexity index is 1430. The van der Waals surface area contributed by atoms with E-state index in [0.717, 1.165) is 35.1 Å². The molecule has 0 aliphatic rings. The maximum Gasteiger partial charge on any atom is 0.189 e. The zero-order valence-corrected chi connectivity index (χ0v) is 22.0. The number of aromatic nitrogens is 4. The van der Waals surface area contributed by atoms with Gasteiger partial charge in [-0.15, -0.1) is 10.2 Å². The Morgan fingerprint density at radius 2 is 1.83 bits per heavy atom. The van der Waals surface area contributed by atoms with E-state index in [0.29, 0.717) is 22.8 Å². The normalized spacial score (nSPS) is 13.4. The minimum Gasteiger partial charge on any atom is -0.595 e. The van der Waals surface area contributed by atoms with Gasteiger partial charge in [-0.05, 0) is 56.2 Å². The number of nitrogens with zero attached hydrogens (tertiary/aromatic N) is 5. The molecule has 0 radical (unpaired) electrons. The number of anilines is 1. The number of fused-ring (bicyclic) bond motifs is 1. The van der Waals surface area contributed by atoms with Crippen molar-refractivity contribution in [3.8, 4) is 17.1 Å². The van der Waals surface area contributed by atoms with E-state index in [4.69, 9.17) is 9.84 Å². The standard InChI is InChI=1S/C27H34N6O3/c1-8-31(9-2)19-11-10-18(17(3)14-19)15-22-24(27(4,5)6)30-32-25(28-29-26(22)32)21-16-20(33(34)35)12-13-23(21)36-7/h10-16,33-34H,8-9H2,1-7H3/b22-15-. The Labute approximate surface area is 211 Å². The number of aryl methyl sites for hydroxylation is 1. The van der Waals surface area contributed by atoms with E-state index >= 15 is 0 Å². The summed E-state index contributed by atoms with van der Waals surface area (Å²) in [6.45, 7) is 14.7. The van der Waals surface area contributed by atoms with Gasteiger partial charge in [0.2, 0.25) is 0 Å². The highest BCUT2D eigenvalue weighted by Gasteiger charge is 2.25. The lowest BCUT2D eigenvalue weighted by atomic mass is 9.90. The number of rotatable bonds is 7. The van der Waals surface area contributed by atoms with Crippen LogP contribution in [-0.4, -0.2) is 45.2 Å². The zero-order chi connectivity index (χ0) is 26.2. The summed E-state index contributed by atoms with van der Waals surface area (Å²) in [4.78, 5) is 2.32. The summed E-state index contributed by atoms with van der Waals surface area (Å²) < 4.78 is 7.19. The fraction of sp³-hybridized carbons (Fsp3) is 0.370. The third-order valence-electron chi connectivity index (χ3n) is 6.42. The number of benzene rings is 2. The van der Waals surface area contributed by atoms with Crippen molar-refractivity contribution in [1.29, 1.82) is 0 Å². The summed E-state index contributed by atoms with van der Waals surface area (Å²) in [7, 11) is 1.54. The van der Waals surface area contributed by atoms with E-state index in [1.54, 1.807) is 23.8 Å². The lowest BCUT2D eigenvalue weighted by Gasteiger charge is -2.22. The van der Waals surface area contributed by atoms with Gasteiger partial charge in [-0.25, -0.2) is 5.21 Å². The van der Waals surface area contributed by atoms with Crippen LogP contribution in [0, 0.1) is 12.1 Å². The second-order valence-corrected chi connectivity index (χ2v) is 9.85. The molecule has 36 heavy (non-hydrogen) atoms. The first-order valence-corrected chi connectivity index (χ1v) is 12.1. The smallest absolute Gasteiger partial charge is 0.189 e. The SMILES string of the molecule is CCN(CC)c1ccc(/C=c2/c(C(C)(C)C)nn3c(-c4cc([NH+]([O-])O)ccc4OC)nnc23)c(C)c1. The Balaban J connectivity index is 1.94. The van der Waals surface area contributed by atoms with Gasteiger partial charge in [0.05, 0.1) is 18.4 Å². The number of hydrogen-bond acceptors (Lipinski definition) is 7. The third kappa shape index (κ3) is 4.65. The summed E-state index contributed by atoms with van der Waals surface area (Å²) in [6.07, 6.45) is 2.12. The summed E-state index contributed by atoms with van der Waals surface area (Å²) in [6, 6.07) is 11.2. The van der Waals surface area contributed by atoms with Crippen LogP contribution >= 0.6 is 0 Å². The van der Waals surface area contributed by atoms with Gasteiger partial charge >= 0.3 is 0 Å². The predicted molar refractivity (Wildman–Crippen MR) is 141 cm³/mol. The molecule has 190 valence electrons. The predicted octanol–water partition coefficient (Wildman–Crippen LogP) is 3.20. The molecule has 1 unspecified atom stereocenters. The molecule has 0 saturated heterocycles. The van der Waals surface area contributed by atoms with Crippen LogP contribution in [0.15, 0.2) is 36.4 Å². The minimum absolute atomic E-state index is 0.140. The van der Waals surface area contributed by atoms with Crippen LogP contribution in [0.3, 0.4) is 0 Å². The van der Waals surface area contributed by atoms with Crippen molar-refractivity contribution in [2.75, 3.05) is 25.1 Å². The quantitative estimate of drug-likeness (QED) is 0.384. The summed E-state index contributed by atoms with van der Waals surface area (Å²) in [5.74, 6) is 0.937. The Morgan fingerprint density at radius 3 is 2.42 bits per heavy atom. The molecule has 0 bridgehead atoms. The van der Waals surface area contributed by atoms with Crippen LogP contribution in [0.2, 0.25) is 0 Å². The fourth-order valence-electron chi connectivity index (χ4n) is 4.44. The van der Waals surface area contributed by atoms with Gasteiger partial charge in [-0.1, -0.05) is 26.8 Å². The van der Waals surface area contributed by atoms with E-state index < -0.39 is 5.23 Å². The molecular weight excluding hydrogens is 456 g/mol. The van der Waals surface area contributed by atoms with E-state index in [1.165, 1.54) is 11.8 Å². The number of quaternary nitrogens is 1. The monoisotopic (exact) mass is 490 g/mol. The molecule has 0 amide bonds. The summed E-state index contributed by atoms with van der Waals surface area (Å²) in [5, 5.41) is 34.8. The van der Waals surface area contributed by atoms with Gasteiger partial charge < -0.3 is 14.8 Å². The molecule has 9 heteroatoms. The number of ether oxygens (including phenoxy) is 1. The maximum absolute atomic E-state index is 11.6. The molecule has 0 aliphatic carbocycles. The fourth-order valence-corrected chi connectivity index (χ4v) is 4.44. The summed E-state index contributed by atoms with van der Waals surface area (Å²) in [5.41, 5.74) is 5.35. The highest BCUT2D eigenvalue weighted by Crippen LogP contribution is 2.31. The largest absolute Gasteiger partial charge is 0.595 e. The molecule has 2 aromatic heterocycles. The van der Waals surface area contributed by atoms with Crippen LogP contribution in [0.1, 0.15) is 51.4 Å². The van der Waals surface area contributed by atoms with Crippen molar-refractivity contribution in [2.24, 2.45) is 0 Å². The van der Waals surface area contributed by atoms with E-state index in [9.17, 15) is 10.4 Å². The van der Waals surface area contributed by atoms with Crippen LogP contribution in [0.4, 0.5) is 11.4 Å². The second-order valence-electron chi connectivity index (χ2n) is 9.85. The number of nitrogens with one attached hydrogen (secondary N) is 1. The molecule has 4 rings (SSSR count). The highest BCUT2D eigenvalue weighted by atomic mass is 16.8. The molecule has 0 spiro atoms. The van der Waals surface area contributed by atoms with Crippen molar-refractivity contribution in [3.05, 3.63) is 63.6 Å². The van der Waals surface area contributed by atoms with Gasteiger partial charge in [0, 0.05) is 41.5 Å². The van der Waals surface area contributed by atoms with Crippen molar-refractivity contribution in [2.45, 2.75) is 47.0 Å². The van der Waals surface area contributed by atoms with Crippen molar-refractivity contribution in [3.63, 3.8) is 0 Å². The molecule has 9 nitrogen and oxygen atoms in total. The van der Waals surface area contributed by atoms with Crippen molar-refractivity contribution in [1.82, 2.24) is 19.8 Å². The minimum atomic E-state index is -1.02. The first-order chi connectivity index (χ1) is 17.1. The molecular formula is C27H34N6O3. The van der Waals surface area contributed by atoms with Crippen LogP contribution in [0.25, 0.3) is 23.1 Å². The number of methoxy groups -OCH3 is 1. The lowest BCUT2D eigenvalue weighted by molar-refractivity contribution is -0.991. The topological polar surface area (TPSA) is 103 Å². The van der Waals surface area contributed by atoms with E-state index in [1.807, 2.05) is 0 Å². The molecule has 2 aromatic carbocycles. The zero-order valence-electron chi connectivity index (χ0n) is 22.0. The van der Waals surface area contributed by atoms with Crippen molar-refractivity contribution >= 4 is 23.1 Å². The van der Waals surface area contributed by atoms with Gasteiger partial charge in [-0.3, -0.25) is 0 Å². The second kappa shape index (κ2) is 9.85. The average Bonchev–Trinajstić information content (AvgIpc) is 3.41. The Morgan fingerprint density at radius 1 is 1.11 bits per heavy atom. The van der Waals surface area contributed by atoms with Gasteiger partial charge in [0.25, 0.3) is 0 Å². The maximum atomic E-state index is 11.6. The van der Waals surface area contributed by atoms with Crippen LogP contribution in [0.5, 0.6) is 5.75 Å². The summed E-state index contributed by atoms with van der Waals surface area (Å²) >= 11 is 0. The average molecular weight is 491 g/mol. The van der Waals surface area contributed by atoms with E-state index in [2.05, 4.69) is 80.9 Å². The molecule has 1 atom stereocenters. The van der Waals surface area contributed by atoms with Gasteiger partial charge in [0.1, 0.15) is 5.75 Å². The first-order valence-electron chi connectivity index (χ1n) is 12.1. The molecule has 0 aliphatic heterocycles. The molecule has 0 saturated carbocycles. The molecule has 0 fully saturated rings.